The summed E-state index contributed by atoms with van der Waals surface area (Å²) in [6.45, 7) is 5.86. The van der Waals surface area contributed by atoms with Crippen LogP contribution in [0, 0.1) is 5.82 Å². The van der Waals surface area contributed by atoms with Crippen molar-refractivity contribution in [1.29, 1.82) is 0 Å². The molecule has 1 fully saturated rings. The van der Waals surface area contributed by atoms with Crippen LogP contribution < -0.4 is 0 Å². The van der Waals surface area contributed by atoms with Crippen LogP contribution in [0.4, 0.5) is 9.18 Å². The Hall–Kier alpha value is -2.41. The number of benzene rings is 1. The molecule has 7 heteroatoms. The number of ether oxygens (including phenoxy) is 2. The van der Waals surface area contributed by atoms with Crippen LogP contribution >= 0.6 is 0 Å². The second-order valence-corrected chi connectivity index (χ2v) is 6.90. The van der Waals surface area contributed by atoms with Gasteiger partial charge in [-0.2, -0.15) is 0 Å². The number of ketones is 1. The average molecular weight is 349 g/mol. The first kappa shape index (κ1) is 17.4. The van der Waals surface area contributed by atoms with Crippen LogP contribution in [0.1, 0.15) is 31.3 Å². The minimum Gasteiger partial charge on any atom is -0.450 e. The van der Waals surface area contributed by atoms with Crippen molar-refractivity contribution in [3.05, 3.63) is 35.8 Å². The van der Waals surface area contributed by atoms with Gasteiger partial charge in [0, 0.05) is 11.9 Å². The highest BCUT2D eigenvalue weighted by Crippen LogP contribution is 2.25. The van der Waals surface area contributed by atoms with Gasteiger partial charge in [-0.3, -0.25) is 9.69 Å². The van der Waals surface area contributed by atoms with Crippen LogP contribution in [0.25, 0.3) is 11.0 Å². The van der Waals surface area contributed by atoms with Gasteiger partial charge in [0.1, 0.15) is 11.6 Å². The lowest BCUT2D eigenvalue weighted by atomic mass is 10.1. The second kappa shape index (κ2) is 6.48. The monoisotopic (exact) mass is 349 g/mol. The molecule has 0 aliphatic carbocycles. The number of amides is 1. The van der Waals surface area contributed by atoms with Gasteiger partial charge in [-0.25, -0.2) is 9.18 Å². The molecule has 0 radical (unpaired) electrons. The normalized spacial score (nSPS) is 18.4. The Kier molecular flexibility index (Phi) is 4.51. The predicted molar refractivity (Wildman–Crippen MR) is 88.0 cm³/mol. The maximum atomic E-state index is 13.8. The van der Waals surface area contributed by atoms with Gasteiger partial charge in [-0.15, -0.1) is 0 Å². The van der Waals surface area contributed by atoms with Crippen LogP contribution in [0.2, 0.25) is 0 Å². The van der Waals surface area contributed by atoms with Crippen molar-refractivity contribution in [2.75, 3.05) is 19.8 Å². The topological polar surface area (TPSA) is 69.0 Å². The van der Waals surface area contributed by atoms with E-state index in [9.17, 15) is 14.0 Å². The van der Waals surface area contributed by atoms with Gasteiger partial charge in [0.25, 0.3) is 0 Å². The molecule has 1 aliphatic rings. The highest BCUT2D eigenvalue weighted by atomic mass is 19.1. The Labute approximate surface area is 144 Å². The summed E-state index contributed by atoms with van der Waals surface area (Å²) in [6, 6.07) is 5.06. The maximum Gasteiger partial charge on any atom is 0.411 e. The number of carbonyl (C=O) groups excluding carboxylic acids is 2. The van der Waals surface area contributed by atoms with Crippen molar-refractivity contribution < 1.29 is 27.9 Å². The third kappa shape index (κ3) is 3.66. The molecular formula is C18H20FNO5. The number of hydrogen-bond acceptors (Lipinski definition) is 5. The predicted octanol–water partition coefficient (Wildman–Crippen LogP) is 3.39. The van der Waals surface area contributed by atoms with Crippen LogP contribution in [0.15, 0.2) is 28.7 Å². The first-order valence-electron chi connectivity index (χ1n) is 8.06. The van der Waals surface area contributed by atoms with Gasteiger partial charge >= 0.3 is 6.09 Å². The SMILES string of the molecule is CC(C)(C)OC(=O)N1CCOCC1C(=O)c1cc2cccc(F)c2o1. The summed E-state index contributed by atoms with van der Waals surface area (Å²) in [7, 11) is 0. The smallest absolute Gasteiger partial charge is 0.411 e. The van der Waals surface area contributed by atoms with Crippen molar-refractivity contribution >= 4 is 22.8 Å². The first-order chi connectivity index (χ1) is 11.8. The van der Waals surface area contributed by atoms with Crippen molar-refractivity contribution in [3.63, 3.8) is 0 Å². The number of morpholine rings is 1. The minimum atomic E-state index is -0.868. The van der Waals surface area contributed by atoms with E-state index in [1.54, 1.807) is 26.8 Å². The number of rotatable bonds is 2. The fourth-order valence-electron chi connectivity index (χ4n) is 2.67. The Morgan fingerprint density at radius 3 is 2.76 bits per heavy atom. The van der Waals surface area contributed by atoms with Gasteiger partial charge in [0.2, 0.25) is 5.78 Å². The second-order valence-electron chi connectivity index (χ2n) is 6.90. The molecule has 0 saturated carbocycles. The molecule has 0 N–H and O–H groups in total. The molecule has 25 heavy (non-hydrogen) atoms. The number of hydrogen-bond donors (Lipinski definition) is 0. The Morgan fingerprint density at radius 1 is 1.32 bits per heavy atom. The van der Waals surface area contributed by atoms with Crippen LogP contribution in [-0.4, -0.2) is 48.2 Å². The molecule has 134 valence electrons. The summed E-state index contributed by atoms with van der Waals surface area (Å²) in [6.07, 6.45) is -0.587. The number of furan rings is 1. The number of fused-ring (bicyclic) bond motifs is 1. The van der Waals surface area contributed by atoms with E-state index in [4.69, 9.17) is 13.9 Å². The largest absolute Gasteiger partial charge is 0.450 e. The Morgan fingerprint density at radius 2 is 2.08 bits per heavy atom. The summed E-state index contributed by atoms with van der Waals surface area (Å²) in [5, 5.41) is 0.490. The Balaban J connectivity index is 1.87. The molecule has 2 aromatic rings. The number of nitrogens with zero attached hydrogens (tertiary/aromatic N) is 1. The lowest BCUT2D eigenvalue weighted by molar-refractivity contribution is -0.0270. The quantitative estimate of drug-likeness (QED) is 0.778. The zero-order valence-corrected chi connectivity index (χ0v) is 14.4. The van der Waals surface area contributed by atoms with Crippen molar-refractivity contribution in [3.8, 4) is 0 Å². The van der Waals surface area contributed by atoms with Crippen LogP contribution in [-0.2, 0) is 9.47 Å². The molecular weight excluding hydrogens is 329 g/mol. The lowest BCUT2D eigenvalue weighted by Gasteiger charge is -2.35. The van der Waals surface area contributed by atoms with Gasteiger partial charge in [0.15, 0.2) is 17.2 Å². The molecule has 1 aromatic heterocycles. The van der Waals surface area contributed by atoms with Crippen LogP contribution in [0.3, 0.4) is 0 Å². The summed E-state index contributed by atoms with van der Waals surface area (Å²) in [5.41, 5.74) is -0.655. The van der Waals surface area contributed by atoms with E-state index in [-0.39, 0.29) is 24.5 Å². The summed E-state index contributed by atoms with van der Waals surface area (Å²) in [4.78, 5) is 26.5. The first-order valence-corrected chi connectivity index (χ1v) is 8.06. The van der Waals surface area contributed by atoms with Crippen LogP contribution in [0.5, 0.6) is 0 Å². The molecule has 1 aliphatic heterocycles. The van der Waals surface area contributed by atoms with E-state index >= 15 is 0 Å². The van der Waals surface area contributed by atoms with Gasteiger partial charge in [-0.05, 0) is 32.9 Å². The number of para-hydroxylation sites is 1. The van der Waals surface area contributed by atoms with E-state index in [1.165, 1.54) is 23.1 Å². The number of carbonyl (C=O) groups is 2. The highest BCUT2D eigenvalue weighted by Gasteiger charge is 2.37. The molecule has 1 amide bonds. The maximum absolute atomic E-state index is 13.8. The van der Waals surface area contributed by atoms with E-state index in [1.807, 2.05) is 0 Å². The van der Waals surface area contributed by atoms with E-state index in [0.29, 0.717) is 12.0 Å². The number of Topliss-reactive ketones (excluding diaryl/α,β-unsaturated/α-hetero) is 1. The van der Waals surface area contributed by atoms with E-state index < -0.39 is 29.3 Å². The fourth-order valence-corrected chi connectivity index (χ4v) is 2.67. The summed E-state index contributed by atoms with van der Waals surface area (Å²) < 4.78 is 29.9. The van der Waals surface area contributed by atoms with Gasteiger partial charge in [0.05, 0.1) is 13.2 Å². The van der Waals surface area contributed by atoms with Crippen molar-refractivity contribution in [2.24, 2.45) is 0 Å². The molecule has 0 spiro atoms. The lowest BCUT2D eigenvalue weighted by Crippen LogP contribution is -2.53. The molecule has 6 nitrogen and oxygen atoms in total. The summed E-state index contributed by atoms with van der Waals surface area (Å²) in [5.74, 6) is -0.995. The molecule has 2 heterocycles. The third-order valence-corrected chi connectivity index (χ3v) is 3.80. The fraction of sp³-hybridized carbons (Fsp3) is 0.444. The molecule has 1 saturated heterocycles. The van der Waals surface area contributed by atoms with Gasteiger partial charge < -0.3 is 13.9 Å². The van der Waals surface area contributed by atoms with Crippen molar-refractivity contribution in [2.45, 2.75) is 32.4 Å². The average Bonchev–Trinajstić information content (AvgIpc) is 2.98. The zero-order valence-electron chi connectivity index (χ0n) is 14.4. The van der Waals surface area contributed by atoms with Crippen molar-refractivity contribution in [1.82, 2.24) is 4.90 Å². The molecule has 3 rings (SSSR count). The van der Waals surface area contributed by atoms with E-state index in [2.05, 4.69) is 0 Å². The minimum absolute atomic E-state index is 0.0100. The van der Waals surface area contributed by atoms with E-state index in [0.717, 1.165) is 0 Å². The third-order valence-electron chi connectivity index (χ3n) is 3.80. The number of halogens is 1. The zero-order chi connectivity index (χ0) is 18.2. The Bertz CT molecular complexity index is 807. The van der Waals surface area contributed by atoms with Gasteiger partial charge in [-0.1, -0.05) is 12.1 Å². The molecule has 0 bridgehead atoms. The molecule has 1 atom stereocenters. The standard InChI is InChI=1S/C18H20FNO5/c1-18(2,3)25-17(22)20-7-8-23-10-13(20)15(21)14-9-11-5-4-6-12(19)16(11)24-14/h4-6,9,13H,7-8,10H2,1-3H3. The highest BCUT2D eigenvalue weighted by molar-refractivity contribution is 6.02. The molecule has 1 aromatic carbocycles. The summed E-state index contributed by atoms with van der Waals surface area (Å²) >= 11 is 0. The molecule has 1 unspecified atom stereocenters.